The van der Waals surface area contributed by atoms with Crippen molar-refractivity contribution in [3.63, 3.8) is 0 Å². The molecule has 108 valence electrons. The van der Waals surface area contributed by atoms with Crippen LogP contribution in [0.15, 0.2) is 0 Å². The van der Waals surface area contributed by atoms with E-state index < -0.39 is 0 Å². The van der Waals surface area contributed by atoms with Crippen molar-refractivity contribution in [1.82, 2.24) is 10.2 Å². The van der Waals surface area contributed by atoms with Gasteiger partial charge in [-0.2, -0.15) is 0 Å². The molecular formula is C16H34N2. The Morgan fingerprint density at radius 1 is 1.17 bits per heavy atom. The maximum atomic E-state index is 3.84. The van der Waals surface area contributed by atoms with E-state index in [2.05, 4.69) is 52.0 Å². The summed E-state index contributed by atoms with van der Waals surface area (Å²) < 4.78 is 0. The van der Waals surface area contributed by atoms with E-state index in [4.69, 9.17) is 0 Å². The number of likely N-dealkylation sites (N-methyl/N-ethyl adjacent to an activating group) is 1. The van der Waals surface area contributed by atoms with Crippen LogP contribution in [0.2, 0.25) is 0 Å². The Hall–Kier alpha value is -0.0800. The number of nitrogens with one attached hydrogen (secondary N) is 1. The Kier molecular flexibility index (Phi) is 6.65. The standard InChI is InChI=1S/C16H34N2/c1-12(2)9-15(18(5)6)11-17-16-8-7-13(3)10-14(16)4/h12-17H,7-11H2,1-6H3. The van der Waals surface area contributed by atoms with Crippen LogP contribution >= 0.6 is 0 Å². The van der Waals surface area contributed by atoms with E-state index in [9.17, 15) is 0 Å². The smallest absolute Gasteiger partial charge is 0.0217 e. The molecule has 0 aliphatic heterocycles. The van der Waals surface area contributed by atoms with Crippen LogP contribution < -0.4 is 5.32 Å². The van der Waals surface area contributed by atoms with Gasteiger partial charge >= 0.3 is 0 Å². The Balaban J connectivity index is 2.37. The molecule has 18 heavy (non-hydrogen) atoms. The third kappa shape index (κ3) is 5.27. The van der Waals surface area contributed by atoms with Crippen molar-refractivity contribution in [2.24, 2.45) is 17.8 Å². The van der Waals surface area contributed by atoms with Crippen molar-refractivity contribution in [2.45, 2.75) is 65.5 Å². The number of nitrogens with zero attached hydrogens (tertiary/aromatic N) is 1. The quantitative estimate of drug-likeness (QED) is 0.782. The second-order valence-electron chi connectivity index (χ2n) is 7.16. The normalized spacial score (nSPS) is 31.0. The molecule has 0 aromatic carbocycles. The zero-order valence-electron chi connectivity index (χ0n) is 13.4. The molecule has 0 saturated heterocycles. The first kappa shape index (κ1) is 16.0. The maximum Gasteiger partial charge on any atom is 0.0217 e. The first-order chi connectivity index (χ1) is 8.40. The van der Waals surface area contributed by atoms with Crippen LogP contribution in [-0.4, -0.2) is 37.6 Å². The van der Waals surface area contributed by atoms with Gasteiger partial charge in [-0.05, 0) is 57.5 Å². The molecule has 0 aromatic rings. The van der Waals surface area contributed by atoms with E-state index in [1.165, 1.54) is 25.7 Å². The molecule has 0 aromatic heterocycles. The van der Waals surface area contributed by atoms with Crippen molar-refractivity contribution in [3.05, 3.63) is 0 Å². The Morgan fingerprint density at radius 2 is 1.83 bits per heavy atom. The van der Waals surface area contributed by atoms with Crippen LogP contribution in [0.1, 0.15) is 53.4 Å². The molecule has 2 nitrogen and oxygen atoms in total. The highest BCUT2D eigenvalue weighted by Gasteiger charge is 2.25. The van der Waals surface area contributed by atoms with Gasteiger partial charge in [-0.15, -0.1) is 0 Å². The van der Waals surface area contributed by atoms with E-state index in [1.54, 1.807) is 0 Å². The summed E-state index contributed by atoms with van der Waals surface area (Å²) in [6, 6.07) is 1.42. The van der Waals surface area contributed by atoms with Crippen LogP contribution in [0.3, 0.4) is 0 Å². The number of hydrogen-bond acceptors (Lipinski definition) is 2. The van der Waals surface area contributed by atoms with Gasteiger partial charge in [-0.1, -0.05) is 27.7 Å². The first-order valence-electron chi connectivity index (χ1n) is 7.80. The summed E-state index contributed by atoms with van der Waals surface area (Å²) in [5.74, 6) is 2.55. The lowest BCUT2D eigenvalue weighted by Gasteiger charge is -2.35. The summed E-state index contributed by atoms with van der Waals surface area (Å²) in [7, 11) is 4.42. The predicted octanol–water partition coefficient (Wildman–Crippen LogP) is 3.38. The summed E-state index contributed by atoms with van der Waals surface area (Å²) in [5.41, 5.74) is 0. The summed E-state index contributed by atoms with van der Waals surface area (Å²) in [4.78, 5) is 2.38. The van der Waals surface area contributed by atoms with Crippen molar-refractivity contribution < 1.29 is 0 Å². The van der Waals surface area contributed by atoms with Gasteiger partial charge in [0.1, 0.15) is 0 Å². The van der Waals surface area contributed by atoms with Gasteiger partial charge in [0, 0.05) is 18.6 Å². The molecule has 4 unspecified atom stereocenters. The molecule has 2 heteroatoms. The fourth-order valence-electron chi connectivity index (χ4n) is 3.28. The largest absolute Gasteiger partial charge is 0.312 e. The van der Waals surface area contributed by atoms with Gasteiger partial charge in [-0.25, -0.2) is 0 Å². The third-order valence-corrected chi connectivity index (χ3v) is 4.52. The van der Waals surface area contributed by atoms with E-state index in [0.717, 1.165) is 30.3 Å². The van der Waals surface area contributed by atoms with Gasteiger partial charge in [-0.3, -0.25) is 0 Å². The fourth-order valence-corrected chi connectivity index (χ4v) is 3.28. The lowest BCUT2D eigenvalue weighted by atomic mass is 9.80. The average Bonchev–Trinajstić information content (AvgIpc) is 2.25. The average molecular weight is 254 g/mol. The van der Waals surface area contributed by atoms with Crippen LogP contribution in [-0.2, 0) is 0 Å². The minimum absolute atomic E-state index is 0.677. The highest BCUT2D eigenvalue weighted by atomic mass is 15.1. The molecule has 1 N–H and O–H groups in total. The Bertz CT molecular complexity index is 225. The summed E-state index contributed by atoms with van der Waals surface area (Å²) in [6.45, 7) is 10.6. The molecular weight excluding hydrogens is 220 g/mol. The Labute approximate surface area is 115 Å². The van der Waals surface area contributed by atoms with Gasteiger partial charge < -0.3 is 10.2 Å². The third-order valence-electron chi connectivity index (χ3n) is 4.52. The van der Waals surface area contributed by atoms with Crippen LogP contribution in [0.4, 0.5) is 0 Å². The highest BCUT2D eigenvalue weighted by molar-refractivity contribution is 4.83. The van der Waals surface area contributed by atoms with Gasteiger partial charge in [0.15, 0.2) is 0 Å². The van der Waals surface area contributed by atoms with E-state index in [0.29, 0.717) is 6.04 Å². The minimum Gasteiger partial charge on any atom is -0.312 e. The minimum atomic E-state index is 0.677. The number of hydrogen-bond donors (Lipinski definition) is 1. The topological polar surface area (TPSA) is 15.3 Å². The summed E-state index contributed by atoms with van der Waals surface area (Å²) in [5, 5.41) is 3.84. The van der Waals surface area contributed by atoms with Crippen molar-refractivity contribution in [1.29, 1.82) is 0 Å². The molecule has 1 aliphatic carbocycles. The fraction of sp³-hybridized carbons (Fsp3) is 1.00. The van der Waals surface area contributed by atoms with E-state index in [1.807, 2.05) is 0 Å². The first-order valence-corrected chi connectivity index (χ1v) is 7.80. The SMILES string of the molecule is CC(C)CC(CNC1CCC(C)CC1C)N(C)C. The van der Waals surface area contributed by atoms with E-state index >= 15 is 0 Å². The van der Waals surface area contributed by atoms with Crippen molar-refractivity contribution in [3.8, 4) is 0 Å². The zero-order valence-corrected chi connectivity index (χ0v) is 13.4. The molecule has 1 rings (SSSR count). The Morgan fingerprint density at radius 3 is 2.33 bits per heavy atom. The van der Waals surface area contributed by atoms with Crippen molar-refractivity contribution >= 4 is 0 Å². The van der Waals surface area contributed by atoms with Gasteiger partial charge in [0.25, 0.3) is 0 Å². The summed E-state index contributed by atoms with van der Waals surface area (Å²) >= 11 is 0. The molecule has 4 atom stereocenters. The maximum absolute atomic E-state index is 3.84. The van der Waals surface area contributed by atoms with Gasteiger partial charge in [0.05, 0.1) is 0 Å². The number of rotatable bonds is 6. The summed E-state index contributed by atoms with van der Waals surface area (Å²) in [6.07, 6.45) is 5.45. The van der Waals surface area contributed by atoms with E-state index in [-0.39, 0.29) is 0 Å². The molecule has 1 aliphatic rings. The van der Waals surface area contributed by atoms with Gasteiger partial charge in [0.2, 0.25) is 0 Å². The molecule has 0 spiro atoms. The molecule has 0 radical (unpaired) electrons. The molecule has 0 amide bonds. The molecule has 0 bridgehead atoms. The molecule has 1 saturated carbocycles. The lowest BCUT2D eigenvalue weighted by molar-refractivity contribution is 0.194. The van der Waals surface area contributed by atoms with Crippen molar-refractivity contribution in [2.75, 3.05) is 20.6 Å². The molecule has 1 fully saturated rings. The second-order valence-corrected chi connectivity index (χ2v) is 7.16. The van der Waals surface area contributed by atoms with Crippen LogP contribution in [0.5, 0.6) is 0 Å². The highest BCUT2D eigenvalue weighted by Crippen LogP contribution is 2.28. The lowest BCUT2D eigenvalue weighted by Crippen LogP contribution is -2.46. The van der Waals surface area contributed by atoms with Crippen LogP contribution in [0, 0.1) is 17.8 Å². The second kappa shape index (κ2) is 7.49. The molecule has 0 heterocycles. The van der Waals surface area contributed by atoms with Crippen LogP contribution in [0.25, 0.3) is 0 Å². The zero-order chi connectivity index (χ0) is 13.7. The predicted molar refractivity (Wildman–Crippen MR) is 80.9 cm³/mol. The monoisotopic (exact) mass is 254 g/mol.